The molecule has 0 bridgehead atoms. The third kappa shape index (κ3) is 2.63. The van der Waals surface area contributed by atoms with Crippen LogP contribution in [-0.2, 0) is 9.53 Å². The molecule has 1 aromatic heterocycles. The molecule has 2 heterocycles. The molecule has 1 aliphatic rings. The van der Waals surface area contributed by atoms with Crippen LogP contribution in [0.5, 0.6) is 0 Å². The summed E-state index contributed by atoms with van der Waals surface area (Å²) in [5.41, 5.74) is 0.924. The highest BCUT2D eigenvalue weighted by atomic mass is 16.5. The van der Waals surface area contributed by atoms with Crippen molar-refractivity contribution in [3.8, 4) is 11.4 Å². The Labute approximate surface area is 110 Å². The van der Waals surface area contributed by atoms with Gasteiger partial charge in [-0.25, -0.2) is 0 Å². The minimum atomic E-state index is -0.376. The molecule has 98 valence electrons. The van der Waals surface area contributed by atoms with Crippen molar-refractivity contribution in [1.82, 2.24) is 15.2 Å². The fraction of sp³-hybridized carbons (Fsp3) is 0.308. The lowest BCUT2D eigenvalue weighted by molar-refractivity contribution is -0.124. The summed E-state index contributed by atoms with van der Waals surface area (Å²) in [4.78, 5) is 16.1. The molecular weight excluding hydrogens is 244 g/mol. The van der Waals surface area contributed by atoms with Gasteiger partial charge in [0, 0.05) is 12.2 Å². The van der Waals surface area contributed by atoms with Crippen LogP contribution < -0.4 is 5.32 Å². The van der Waals surface area contributed by atoms with Crippen molar-refractivity contribution in [2.24, 2.45) is 0 Å². The van der Waals surface area contributed by atoms with Gasteiger partial charge in [-0.2, -0.15) is 4.98 Å². The first-order chi connectivity index (χ1) is 9.33. The average Bonchev–Trinajstić information content (AvgIpc) is 3.11. The Bertz CT molecular complexity index is 561. The van der Waals surface area contributed by atoms with E-state index in [2.05, 4.69) is 20.5 Å². The zero-order valence-corrected chi connectivity index (χ0v) is 10.3. The lowest BCUT2D eigenvalue weighted by Crippen LogP contribution is -2.27. The van der Waals surface area contributed by atoms with Gasteiger partial charge >= 0.3 is 0 Å². The third-order valence-electron chi connectivity index (χ3n) is 2.99. The largest absolute Gasteiger partial charge is 0.368 e. The molecule has 2 N–H and O–H groups in total. The van der Waals surface area contributed by atoms with Gasteiger partial charge in [-0.05, 0) is 12.8 Å². The van der Waals surface area contributed by atoms with Crippen molar-refractivity contribution in [2.45, 2.75) is 18.9 Å². The molecule has 0 unspecified atom stereocenters. The van der Waals surface area contributed by atoms with Crippen molar-refractivity contribution < 1.29 is 9.53 Å². The number of nitrogens with one attached hydrogen (secondary N) is 2. The molecule has 2 aromatic rings. The van der Waals surface area contributed by atoms with Crippen LogP contribution >= 0.6 is 0 Å². The van der Waals surface area contributed by atoms with Crippen molar-refractivity contribution >= 4 is 11.9 Å². The number of anilines is 1. The third-order valence-corrected chi connectivity index (χ3v) is 2.99. The molecular formula is C13H14N4O2. The SMILES string of the molecule is O=C(Nc1n[nH]c(-c2ccccc2)n1)[C@@H]1CCCO1. The second kappa shape index (κ2) is 5.19. The van der Waals surface area contributed by atoms with E-state index in [9.17, 15) is 4.79 Å². The first-order valence-corrected chi connectivity index (χ1v) is 6.23. The van der Waals surface area contributed by atoms with Gasteiger partial charge in [0.1, 0.15) is 6.10 Å². The number of hydrogen-bond donors (Lipinski definition) is 2. The molecule has 0 aliphatic carbocycles. The van der Waals surface area contributed by atoms with E-state index in [1.54, 1.807) is 0 Å². The first kappa shape index (κ1) is 11.9. The number of amides is 1. The number of ether oxygens (including phenoxy) is 1. The quantitative estimate of drug-likeness (QED) is 0.876. The first-order valence-electron chi connectivity index (χ1n) is 6.23. The van der Waals surface area contributed by atoms with Gasteiger partial charge in [0.15, 0.2) is 5.82 Å². The molecule has 6 nitrogen and oxygen atoms in total. The Morgan fingerprint density at radius 2 is 2.21 bits per heavy atom. The standard InChI is InChI=1S/C13H14N4O2/c18-12(10-7-4-8-19-10)15-13-14-11(16-17-13)9-5-2-1-3-6-9/h1-3,5-6,10H,4,7-8H2,(H2,14,15,16,17,18)/t10-/m0/s1. The predicted octanol–water partition coefficient (Wildman–Crippen LogP) is 1.59. The monoisotopic (exact) mass is 258 g/mol. The summed E-state index contributed by atoms with van der Waals surface area (Å²) in [6.45, 7) is 0.640. The van der Waals surface area contributed by atoms with Crippen LogP contribution in [0.3, 0.4) is 0 Å². The van der Waals surface area contributed by atoms with Gasteiger partial charge in [0.2, 0.25) is 5.95 Å². The number of rotatable bonds is 3. The molecule has 0 spiro atoms. The van der Waals surface area contributed by atoms with Crippen LogP contribution in [-0.4, -0.2) is 33.8 Å². The fourth-order valence-corrected chi connectivity index (χ4v) is 2.02. The van der Waals surface area contributed by atoms with Crippen molar-refractivity contribution in [3.63, 3.8) is 0 Å². The maximum Gasteiger partial charge on any atom is 0.255 e. The molecule has 1 amide bonds. The summed E-state index contributed by atoms with van der Waals surface area (Å²) in [6.07, 6.45) is 1.29. The molecule has 6 heteroatoms. The van der Waals surface area contributed by atoms with Crippen LogP contribution in [0.25, 0.3) is 11.4 Å². The molecule has 0 saturated carbocycles. The van der Waals surface area contributed by atoms with Crippen molar-refractivity contribution in [2.75, 3.05) is 11.9 Å². The van der Waals surface area contributed by atoms with Crippen LogP contribution in [0.2, 0.25) is 0 Å². The van der Waals surface area contributed by atoms with E-state index in [1.165, 1.54) is 0 Å². The Morgan fingerprint density at radius 1 is 1.37 bits per heavy atom. The molecule has 1 aromatic carbocycles. The van der Waals surface area contributed by atoms with Gasteiger partial charge in [0.05, 0.1) is 0 Å². The van der Waals surface area contributed by atoms with Crippen molar-refractivity contribution in [1.29, 1.82) is 0 Å². The Morgan fingerprint density at radius 3 is 2.95 bits per heavy atom. The van der Waals surface area contributed by atoms with E-state index in [0.29, 0.717) is 12.4 Å². The smallest absolute Gasteiger partial charge is 0.255 e. The van der Waals surface area contributed by atoms with E-state index < -0.39 is 0 Å². The topological polar surface area (TPSA) is 79.9 Å². The number of aromatic nitrogens is 3. The molecule has 3 rings (SSSR count). The number of carbonyl (C=O) groups excluding carboxylic acids is 1. The summed E-state index contributed by atoms with van der Waals surface area (Å²) in [6, 6.07) is 9.61. The lowest BCUT2D eigenvalue weighted by atomic mass is 10.2. The Hall–Kier alpha value is -2.21. The summed E-state index contributed by atoms with van der Waals surface area (Å²) >= 11 is 0. The van der Waals surface area contributed by atoms with E-state index in [1.807, 2.05) is 30.3 Å². The zero-order valence-electron chi connectivity index (χ0n) is 10.3. The summed E-state index contributed by atoms with van der Waals surface area (Å²) in [5.74, 6) is 0.721. The van der Waals surface area contributed by atoms with E-state index in [4.69, 9.17) is 4.74 Å². The number of hydrogen-bond acceptors (Lipinski definition) is 4. The molecule has 1 fully saturated rings. The number of carbonyl (C=O) groups is 1. The van der Waals surface area contributed by atoms with Crippen LogP contribution in [0.15, 0.2) is 30.3 Å². The predicted molar refractivity (Wildman–Crippen MR) is 69.4 cm³/mol. The highest BCUT2D eigenvalue weighted by molar-refractivity contribution is 5.92. The number of nitrogens with zero attached hydrogens (tertiary/aromatic N) is 2. The van der Waals surface area contributed by atoms with Gasteiger partial charge in [-0.3, -0.25) is 15.2 Å². The van der Waals surface area contributed by atoms with Crippen molar-refractivity contribution in [3.05, 3.63) is 30.3 Å². The number of aromatic amines is 1. The number of benzene rings is 1. The van der Waals surface area contributed by atoms with Crippen LogP contribution in [0, 0.1) is 0 Å². The van der Waals surface area contributed by atoms with Gasteiger partial charge in [-0.1, -0.05) is 30.3 Å². The zero-order chi connectivity index (χ0) is 13.1. The molecule has 1 saturated heterocycles. The highest BCUT2D eigenvalue weighted by Gasteiger charge is 2.24. The van der Waals surface area contributed by atoms with Gasteiger partial charge in [0.25, 0.3) is 5.91 Å². The fourth-order valence-electron chi connectivity index (χ4n) is 2.02. The van der Waals surface area contributed by atoms with Crippen LogP contribution in [0.1, 0.15) is 12.8 Å². The Balaban J connectivity index is 1.70. The van der Waals surface area contributed by atoms with E-state index in [-0.39, 0.29) is 18.0 Å². The normalized spacial score (nSPS) is 18.4. The van der Waals surface area contributed by atoms with E-state index in [0.717, 1.165) is 18.4 Å². The molecule has 0 radical (unpaired) electrons. The van der Waals surface area contributed by atoms with Gasteiger partial charge < -0.3 is 4.74 Å². The summed E-state index contributed by atoms with van der Waals surface area (Å²) < 4.78 is 5.30. The van der Waals surface area contributed by atoms with E-state index >= 15 is 0 Å². The molecule has 1 atom stereocenters. The molecule has 19 heavy (non-hydrogen) atoms. The summed E-state index contributed by atoms with van der Waals surface area (Å²) in [5, 5.41) is 9.44. The van der Waals surface area contributed by atoms with Crippen LogP contribution in [0.4, 0.5) is 5.95 Å². The second-order valence-corrected chi connectivity index (χ2v) is 4.36. The maximum atomic E-state index is 11.8. The number of H-pyrrole nitrogens is 1. The maximum absolute atomic E-state index is 11.8. The van der Waals surface area contributed by atoms with Gasteiger partial charge in [-0.15, -0.1) is 5.10 Å². The molecule has 1 aliphatic heterocycles. The minimum absolute atomic E-state index is 0.184. The lowest BCUT2D eigenvalue weighted by Gasteiger charge is -2.06. The average molecular weight is 258 g/mol. The summed E-state index contributed by atoms with van der Waals surface area (Å²) in [7, 11) is 0. The highest BCUT2D eigenvalue weighted by Crippen LogP contribution is 2.16. The second-order valence-electron chi connectivity index (χ2n) is 4.36. The minimum Gasteiger partial charge on any atom is -0.368 e. The Kier molecular flexibility index (Phi) is 3.24.